The number of hydrogen-bond donors (Lipinski definition) is 0. The first kappa shape index (κ1) is 9.67. The van der Waals surface area contributed by atoms with E-state index in [4.69, 9.17) is 0 Å². The van der Waals surface area contributed by atoms with Gasteiger partial charge in [0.1, 0.15) is 5.01 Å². The minimum atomic E-state index is -0.881. The molecule has 0 unspecified atom stereocenters. The first-order valence-electron chi connectivity index (χ1n) is 3.61. The van der Waals surface area contributed by atoms with Crippen LogP contribution in [-0.2, 0) is 0 Å². The molecular weight excluding hydrogens is 274 g/mol. The van der Waals surface area contributed by atoms with Crippen LogP contribution in [0.4, 0.5) is 8.78 Å². The van der Waals surface area contributed by atoms with E-state index in [0.29, 0.717) is 14.5 Å². The monoisotopic (exact) mass is 276 g/mol. The standard InChI is InChI=1S/C8H3BrF2N2S/c9-8-13-12-7(14-8)4-1-2-5(10)6(11)3-4/h1-3H. The molecule has 0 radical (unpaired) electrons. The summed E-state index contributed by atoms with van der Waals surface area (Å²) in [5.41, 5.74) is 0.520. The molecule has 72 valence electrons. The molecule has 0 saturated carbocycles. The van der Waals surface area contributed by atoms with Crippen LogP contribution in [0.1, 0.15) is 0 Å². The molecule has 1 heterocycles. The molecule has 2 nitrogen and oxygen atoms in total. The zero-order chi connectivity index (χ0) is 10.1. The largest absolute Gasteiger partial charge is 0.204 e. The number of benzene rings is 1. The number of hydrogen-bond acceptors (Lipinski definition) is 3. The molecule has 1 aromatic carbocycles. The molecule has 2 aromatic rings. The van der Waals surface area contributed by atoms with Crippen molar-refractivity contribution in [3.05, 3.63) is 33.8 Å². The Morgan fingerprint density at radius 1 is 1.14 bits per heavy atom. The Labute approximate surface area is 90.7 Å². The molecule has 2 rings (SSSR count). The van der Waals surface area contributed by atoms with E-state index in [1.54, 1.807) is 0 Å². The van der Waals surface area contributed by atoms with Gasteiger partial charge in [-0.15, -0.1) is 10.2 Å². The fourth-order valence-electron chi connectivity index (χ4n) is 0.951. The fourth-order valence-corrected chi connectivity index (χ4v) is 2.06. The lowest BCUT2D eigenvalue weighted by Gasteiger charge is -1.95. The summed E-state index contributed by atoms with van der Waals surface area (Å²) < 4.78 is 26.1. The summed E-state index contributed by atoms with van der Waals surface area (Å²) in [5, 5.41) is 8.06. The Kier molecular flexibility index (Phi) is 2.56. The lowest BCUT2D eigenvalue weighted by molar-refractivity contribution is 0.509. The summed E-state index contributed by atoms with van der Waals surface area (Å²) >= 11 is 4.40. The van der Waals surface area contributed by atoms with Crippen molar-refractivity contribution in [1.82, 2.24) is 10.2 Å². The highest BCUT2D eigenvalue weighted by atomic mass is 79.9. The summed E-state index contributed by atoms with van der Waals surface area (Å²) in [5.74, 6) is -1.74. The van der Waals surface area contributed by atoms with Crippen molar-refractivity contribution < 1.29 is 8.78 Å². The molecule has 0 aliphatic rings. The first-order chi connectivity index (χ1) is 6.66. The quantitative estimate of drug-likeness (QED) is 0.799. The highest BCUT2D eigenvalue weighted by Gasteiger charge is 2.08. The molecule has 0 bridgehead atoms. The van der Waals surface area contributed by atoms with Crippen LogP contribution in [0, 0.1) is 11.6 Å². The SMILES string of the molecule is Fc1ccc(-c2nnc(Br)s2)cc1F. The number of rotatable bonds is 1. The summed E-state index contributed by atoms with van der Waals surface area (Å²) in [7, 11) is 0. The fraction of sp³-hybridized carbons (Fsp3) is 0. The second kappa shape index (κ2) is 3.70. The van der Waals surface area contributed by atoms with E-state index in [2.05, 4.69) is 26.1 Å². The van der Waals surface area contributed by atoms with Gasteiger partial charge in [-0.3, -0.25) is 0 Å². The van der Waals surface area contributed by atoms with E-state index in [1.807, 2.05) is 0 Å². The molecule has 0 atom stereocenters. The van der Waals surface area contributed by atoms with E-state index in [1.165, 1.54) is 17.4 Å². The highest BCUT2D eigenvalue weighted by Crippen LogP contribution is 2.27. The van der Waals surface area contributed by atoms with Crippen LogP contribution in [0.3, 0.4) is 0 Å². The first-order valence-corrected chi connectivity index (χ1v) is 5.22. The zero-order valence-corrected chi connectivity index (χ0v) is 9.07. The maximum atomic E-state index is 12.8. The molecule has 0 saturated heterocycles. The van der Waals surface area contributed by atoms with Gasteiger partial charge in [0.05, 0.1) is 0 Å². The third kappa shape index (κ3) is 1.80. The Bertz CT molecular complexity index is 472. The van der Waals surface area contributed by atoms with Crippen LogP contribution in [0.2, 0.25) is 0 Å². The summed E-state index contributed by atoms with van der Waals surface area (Å²) in [4.78, 5) is 0. The van der Waals surface area contributed by atoms with Gasteiger partial charge in [-0.2, -0.15) is 0 Å². The average Bonchev–Trinajstić information content (AvgIpc) is 2.57. The third-order valence-corrected chi connectivity index (χ3v) is 2.97. The van der Waals surface area contributed by atoms with Crippen LogP contribution in [-0.4, -0.2) is 10.2 Å². The normalized spacial score (nSPS) is 10.5. The van der Waals surface area contributed by atoms with Gasteiger partial charge < -0.3 is 0 Å². The Hall–Kier alpha value is -0.880. The lowest BCUT2D eigenvalue weighted by Crippen LogP contribution is -1.84. The summed E-state index contributed by atoms with van der Waals surface area (Å²) in [6, 6.07) is 3.63. The van der Waals surface area contributed by atoms with E-state index in [9.17, 15) is 8.78 Å². The van der Waals surface area contributed by atoms with Gasteiger partial charge in [0.25, 0.3) is 0 Å². The van der Waals surface area contributed by atoms with Crippen LogP contribution in [0.15, 0.2) is 22.1 Å². The Morgan fingerprint density at radius 3 is 2.50 bits per heavy atom. The van der Waals surface area contributed by atoms with Gasteiger partial charge in [0.15, 0.2) is 15.6 Å². The predicted molar refractivity (Wildman–Crippen MR) is 53.0 cm³/mol. The number of halogens is 3. The molecule has 0 fully saturated rings. The second-order valence-electron chi connectivity index (χ2n) is 2.49. The second-order valence-corrected chi connectivity index (χ2v) is 4.74. The van der Waals surface area contributed by atoms with Gasteiger partial charge >= 0.3 is 0 Å². The molecular formula is C8H3BrF2N2S. The number of aromatic nitrogens is 2. The van der Waals surface area contributed by atoms with Gasteiger partial charge in [-0.25, -0.2) is 8.78 Å². The Morgan fingerprint density at radius 2 is 1.93 bits per heavy atom. The molecule has 14 heavy (non-hydrogen) atoms. The van der Waals surface area contributed by atoms with Crippen molar-refractivity contribution in [1.29, 1.82) is 0 Å². The third-order valence-electron chi connectivity index (χ3n) is 1.57. The van der Waals surface area contributed by atoms with Crippen LogP contribution < -0.4 is 0 Å². The van der Waals surface area contributed by atoms with Crippen LogP contribution in [0.5, 0.6) is 0 Å². The molecule has 0 amide bonds. The van der Waals surface area contributed by atoms with E-state index >= 15 is 0 Å². The van der Waals surface area contributed by atoms with Gasteiger partial charge in [-0.05, 0) is 34.1 Å². The predicted octanol–water partition coefficient (Wildman–Crippen LogP) is 3.25. The van der Waals surface area contributed by atoms with Crippen molar-refractivity contribution >= 4 is 27.3 Å². The molecule has 0 aliphatic heterocycles. The molecule has 6 heteroatoms. The zero-order valence-electron chi connectivity index (χ0n) is 6.67. The molecule has 1 aromatic heterocycles. The minimum Gasteiger partial charge on any atom is -0.204 e. The maximum Gasteiger partial charge on any atom is 0.183 e. The highest BCUT2D eigenvalue weighted by molar-refractivity contribution is 9.11. The van der Waals surface area contributed by atoms with Crippen LogP contribution >= 0.6 is 27.3 Å². The van der Waals surface area contributed by atoms with Crippen molar-refractivity contribution in [2.24, 2.45) is 0 Å². The van der Waals surface area contributed by atoms with Crippen molar-refractivity contribution in [3.63, 3.8) is 0 Å². The average molecular weight is 277 g/mol. The van der Waals surface area contributed by atoms with Crippen LogP contribution in [0.25, 0.3) is 10.6 Å². The van der Waals surface area contributed by atoms with E-state index in [0.717, 1.165) is 12.1 Å². The minimum absolute atomic E-state index is 0.520. The summed E-state index contributed by atoms with van der Waals surface area (Å²) in [6.45, 7) is 0. The van der Waals surface area contributed by atoms with E-state index in [-0.39, 0.29) is 0 Å². The smallest absolute Gasteiger partial charge is 0.183 e. The molecule has 0 aliphatic carbocycles. The summed E-state index contributed by atoms with van der Waals surface area (Å²) in [6.07, 6.45) is 0. The number of nitrogens with zero attached hydrogens (tertiary/aromatic N) is 2. The topological polar surface area (TPSA) is 25.8 Å². The molecule has 0 N–H and O–H groups in total. The molecule has 0 spiro atoms. The van der Waals surface area contributed by atoms with Crippen molar-refractivity contribution in [2.45, 2.75) is 0 Å². The lowest BCUT2D eigenvalue weighted by atomic mass is 10.2. The van der Waals surface area contributed by atoms with Gasteiger partial charge in [0.2, 0.25) is 0 Å². The van der Waals surface area contributed by atoms with Crippen molar-refractivity contribution in [2.75, 3.05) is 0 Å². The Balaban J connectivity index is 2.47. The van der Waals surface area contributed by atoms with Gasteiger partial charge in [0, 0.05) is 5.56 Å². The van der Waals surface area contributed by atoms with E-state index < -0.39 is 11.6 Å². The maximum absolute atomic E-state index is 12.8. The van der Waals surface area contributed by atoms with Crippen molar-refractivity contribution in [3.8, 4) is 10.6 Å². The van der Waals surface area contributed by atoms with Gasteiger partial charge in [-0.1, -0.05) is 11.3 Å².